The molecule has 2 N–H and O–H groups in total. The number of aryl methyl sites for hydroxylation is 1. The Labute approximate surface area is 200 Å². The summed E-state index contributed by atoms with van der Waals surface area (Å²) in [5, 5.41) is 14.7. The van der Waals surface area contributed by atoms with Crippen LogP contribution in [0, 0.1) is 25.2 Å². The molecule has 0 saturated carbocycles. The van der Waals surface area contributed by atoms with Crippen molar-refractivity contribution < 1.29 is 19.1 Å². The third kappa shape index (κ3) is 7.62. The average Bonchev–Trinajstić information content (AvgIpc) is 2.78. The van der Waals surface area contributed by atoms with E-state index in [1.165, 1.54) is 4.90 Å². The van der Waals surface area contributed by atoms with Gasteiger partial charge in [0, 0.05) is 6.54 Å². The molecule has 1 atom stereocenters. The van der Waals surface area contributed by atoms with Crippen molar-refractivity contribution in [2.45, 2.75) is 52.8 Å². The normalized spacial score (nSPS) is 11.6. The van der Waals surface area contributed by atoms with E-state index in [2.05, 4.69) is 10.6 Å². The van der Waals surface area contributed by atoms with Crippen molar-refractivity contribution in [1.29, 1.82) is 5.26 Å². The zero-order valence-electron chi connectivity index (χ0n) is 20.3. The fraction of sp³-hybridized carbons (Fsp3) is 0.385. The third-order valence-corrected chi connectivity index (χ3v) is 5.15. The van der Waals surface area contributed by atoms with Crippen LogP contribution in [0.15, 0.2) is 48.5 Å². The Kier molecular flexibility index (Phi) is 9.19. The van der Waals surface area contributed by atoms with Gasteiger partial charge in [0.2, 0.25) is 11.8 Å². The van der Waals surface area contributed by atoms with Crippen molar-refractivity contribution in [1.82, 2.24) is 15.5 Å². The molecule has 0 bridgehead atoms. The van der Waals surface area contributed by atoms with E-state index in [9.17, 15) is 19.6 Å². The average molecular weight is 465 g/mol. The Morgan fingerprint density at radius 2 is 1.71 bits per heavy atom. The highest BCUT2D eigenvalue weighted by Gasteiger charge is 2.33. The van der Waals surface area contributed by atoms with Crippen LogP contribution in [0.5, 0.6) is 0 Å². The maximum atomic E-state index is 13.4. The van der Waals surface area contributed by atoms with Gasteiger partial charge in [-0.3, -0.25) is 9.59 Å². The maximum absolute atomic E-state index is 13.4. The molecule has 0 aliphatic heterocycles. The second kappa shape index (κ2) is 11.8. The number of carbonyl (C=O) groups excluding carboxylic acids is 3. The van der Waals surface area contributed by atoms with Crippen molar-refractivity contribution in [3.8, 4) is 6.07 Å². The molecule has 34 heavy (non-hydrogen) atoms. The van der Waals surface area contributed by atoms with Crippen molar-refractivity contribution in [2.75, 3.05) is 13.1 Å². The van der Waals surface area contributed by atoms with Crippen LogP contribution in [0.25, 0.3) is 0 Å². The Morgan fingerprint density at radius 1 is 1.03 bits per heavy atom. The molecular weight excluding hydrogens is 432 g/mol. The summed E-state index contributed by atoms with van der Waals surface area (Å²) in [5.74, 6) is -0.994. The second-order valence-corrected chi connectivity index (χ2v) is 8.93. The van der Waals surface area contributed by atoms with Crippen LogP contribution in [0.4, 0.5) is 4.79 Å². The summed E-state index contributed by atoms with van der Waals surface area (Å²) in [5.41, 5.74) is 2.59. The first kappa shape index (κ1) is 26.4. The van der Waals surface area contributed by atoms with Crippen LogP contribution in [-0.2, 0) is 20.9 Å². The van der Waals surface area contributed by atoms with Crippen molar-refractivity contribution in [3.05, 3.63) is 70.8 Å². The summed E-state index contributed by atoms with van der Waals surface area (Å²) in [6.45, 7) is 8.45. The highest BCUT2D eigenvalue weighted by molar-refractivity contribution is 5.91. The Balaban J connectivity index is 2.32. The van der Waals surface area contributed by atoms with Crippen LogP contribution in [0.2, 0.25) is 0 Å². The van der Waals surface area contributed by atoms with E-state index < -0.39 is 36.1 Å². The van der Waals surface area contributed by atoms with Gasteiger partial charge >= 0.3 is 6.09 Å². The highest BCUT2D eigenvalue weighted by atomic mass is 16.6. The molecule has 0 fully saturated rings. The van der Waals surface area contributed by atoms with Crippen LogP contribution in [0.1, 0.15) is 49.1 Å². The van der Waals surface area contributed by atoms with Crippen molar-refractivity contribution >= 4 is 17.9 Å². The van der Waals surface area contributed by atoms with Gasteiger partial charge in [-0.25, -0.2) is 4.79 Å². The number of nitriles is 1. The molecule has 0 aromatic heterocycles. The number of rotatable bonds is 8. The van der Waals surface area contributed by atoms with E-state index in [1.54, 1.807) is 26.8 Å². The predicted molar refractivity (Wildman–Crippen MR) is 129 cm³/mol. The van der Waals surface area contributed by atoms with Gasteiger partial charge in [-0.15, -0.1) is 0 Å². The molecule has 2 aromatic rings. The Morgan fingerprint density at radius 3 is 2.32 bits per heavy atom. The quantitative estimate of drug-likeness (QED) is 0.581. The molecule has 0 spiro atoms. The minimum absolute atomic E-state index is 0.270. The van der Waals surface area contributed by atoms with Gasteiger partial charge in [-0.05, 0) is 56.9 Å². The number of ether oxygens (including phenoxy) is 1. The first-order chi connectivity index (χ1) is 16.0. The number of alkyl carbamates (subject to hydrolysis) is 1. The lowest BCUT2D eigenvalue weighted by Crippen LogP contribution is -2.48. The van der Waals surface area contributed by atoms with Crippen LogP contribution >= 0.6 is 0 Å². The minimum Gasteiger partial charge on any atom is -0.444 e. The predicted octanol–water partition coefficient (Wildman–Crippen LogP) is 3.54. The fourth-order valence-corrected chi connectivity index (χ4v) is 3.37. The smallest absolute Gasteiger partial charge is 0.408 e. The van der Waals surface area contributed by atoms with E-state index in [0.717, 1.165) is 16.7 Å². The van der Waals surface area contributed by atoms with Gasteiger partial charge in [-0.2, -0.15) is 5.26 Å². The Bertz CT molecular complexity index is 1050. The minimum atomic E-state index is -1.05. The van der Waals surface area contributed by atoms with Crippen molar-refractivity contribution in [3.63, 3.8) is 0 Å². The SMILES string of the molecule is Cc1cccc(C(C(=O)NCc2ccccc2)N(CC#N)C(=O)CNC(=O)OC(C)(C)C)c1C. The molecule has 180 valence electrons. The lowest BCUT2D eigenvalue weighted by atomic mass is 9.95. The lowest BCUT2D eigenvalue weighted by Gasteiger charge is -2.31. The molecule has 0 saturated heterocycles. The number of nitrogens with one attached hydrogen (secondary N) is 2. The largest absolute Gasteiger partial charge is 0.444 e. The molecule has 0 heterocycles. The first-order valence-electron chi connectivity index (χ1n) is 11.0. The number of hydrogen-bond acceptors (Lipinski definition) is 5. The van der Waals surface area contributed by atoms with E-state index in [1.807, 2.05) is 62.4 Å². The van der Waals surface area contributed by atoms with E-state index in [-0.39, 0.29) is 13.1 Å². The molecule has 3 amide bonds. The second-order valence-electron chi connectivity index (χ2n) is 8.93. The molecule has 2 rings (SSSR count). The number of nitrogens with zero attached hydrogens (tertiary/aromatic N) is 2. The summed E-state index contributed by atoms with van der Waals surface area (Å²) in [6.07, 6.45) is -0.755. The molecule has 0 aliphatic carbocycles. The highest BCUT2D eigenvalue weighted by Crippen LogP contribution is 2.26. The Hall–Kier alpha value is -3.86. The fourth-order valence-electron chi connectivity index (χ4n) is 3.37. The van der Waals surface area contributed by atoms with Crippen LogP contribution in [-0.4, -0.2) is 41.5 Å². The summed E-state index contributed by atoms with van der Waals surface area (Å²) in [7, 11) is 0. The first-order valence-corrected chi connectivity index (χ1v) is 11.0. The third-order valence-electron chi connectivity index (χ3n) is 5.15. The zero-order chi connectivity index (χ0) is 25.3. The van der Waals surface area contributed by atoms with Gasteiger partial charge in [0.1, 0.15) is 24.7 Å². The van der Waals surface area contributed by atoms with Gasteiger partial charge in [0.25, 0.3) is 0 Å². The van der Waals surface area contributed by atoms with Gasteiger partial charge in [0.05, 0.1) is 6.07 Å². The molecule has 2 aromatic carbocycles. The van der Waals surface area contributed by atoms with Crippen LogP contribution < -0.4 is 10.6 Å². The number of hydrogen-bond donors (Lipinski definition) is 2. The monoisotopic (exact) mass is 464 g/mol. The van der Waals surface area contributed by atoms with Gasteiger partial charge < -0.3 is 20.3 Å². The van der Waals surface area contributed by atoms with E-state index in [0.29, 0.717) is 5.56 Å². The maximum Gasteiger partial charge on any atom is 0.408 e. The number of carbonyl (C=O) groups is 3. The summed E-state index contributed by atoms with van der Waals surface area (Å²) >= 11 is 0. The van der Waals surface area contributed by atoms with E-state index in [4.69, 9.17) is 4.74 Å². The topological polar surface area (TPSA) is 112 Å². The zero-order valence-corrected chi connectivity index (χ0v) is 20.3. The van der Waals surface area contributed by atoms with E-state index >= 15 is 0 Å². The number of amides is 3. The standard InChI is InChI=1S/C26H32N4O4/c1-18-10-9-13-21(19(18)2)23(24(32)28-16-20-11-7-6-8-12-20)30(15-14-27)22(31)17-29-25(33)34-26(3,4)5/h6-13,23H,15-17H2,1-5H3,(H,28,32)(H,29,33). The molecular formula is C26H32N4O4. The van der Waals surface area contributed by atoms with Crippen LogP contribution in [0.3, 0.4) is 0 Å². The summed E-state index contributed by atoms with van der Waals surface area (Å²) < 4.78 is 5.18. The van der Waals surface area contributed by atoms with Gasteiger partial charge in [-0.1, -0.05) is 48.5 Å². The van der Waals surface area contributed by atoms with Gasteiger partial charge in [0.15, 0.2) is 0 Å². The van der Waals surface area contributed by atoms with Crippen molar-refractivity contribution in [2.24, 2.45) is 0 Å². The summed E-state index contributed by atoms with van der Waals surface area (Å²) in [6, 6.07) is 15.8. The molecule has 0 radical (unpaired) electrons. The molecule has 8 heteroatoms. The number of benzene rings is 2. The summed E-state index contributed by atoms with van der Waals surface area (Å²) in [4.78, 5) is 39.7. The molecule has 0 aliphatic rings. The molecule has 1 unspecified atom stereocenters. The molecule has 8 nitrogen and oxygen atoms in total. The lowest BCUT2D eigenvalue weighted by molar-refractivity contribution is -0.139.